The number of carboxylic acid groups (broad SMARTS) is 1. The molecule has 1 aromatic carbocycles. The summed E-state index contributed by atoms with van der Waals surface area (Å²) in [6.45, 7) is 4.73. The molecule has 0 spiro atoms. The van der Waals surface area contributed by atoms with Crippen molar-refractivity contribution in [3.05, 3.63) is 46.3 Å². The number of nitrogens with zero attached hydrogens (tertiary/aromatic N) is 3. The van der Waals surface area contributed by atoms with Gasteiger partial charge in [-0.25, -0.2) is 9.48 Å². The fourth-order valence-electron chi connectivity index (χ4n) is 1.98. The van der Waals surface area contributed by atoms with Gasteiger partial charge in [-0.1, -0.05) is 23.4 Å². The molecule has 2 aromatic rings. The molecule has 0 atom stereocenters. The van der Waals surface area contributed by atoms with Crippen LogP contribution in [0.3, 0.4) is 0 Å². The van der Waals surface area contributed by atoms with Gasteiger partial charge in [-0.05, 0) is 30.5 Å². The molecular weight excluding hydrogens is 258 g/mol. The van der Waals surface area contributed by atoms with Crippen LogP contribution in [0.4, 0.5) is 0 Å². The first kappa shape index (κ1) is 14.2. The fraction of sp³-hybridized carbons (Fsp3) is 0.357. The van der Waals surface area contributed by atoms with Gasteiger partial charge in [-0.15, -0.1) is 5.10 Å². The molecule has 6 heteroatoms. The number of hydrogen-bond donors (Lipinski definition) is 1. The molecule has 0 aliphatic heterocycles. The van der Waals surface area contributed by atoms with Gasteiger partial charge in [0, 0.05) is 7.11 Å². The van der Waals surface area contributed by atoms with Crippen LogP contribution in [0.15, 0.2) is 18.2 Å². The van der Waals surface area contributed by atoms with Gasteiger partial charge in [0.2, 0.25) is 0 Å². The van der Waals surface area contributed by atoms with E-state index < -0.39 is 5.97 Å². The average Bonchev–Trinajstić information content (AvgIpc) is 2.78. The van der Waals surface area contributed by atoms with Crippen molar-refractivity contribution in [2.24, 2.45) is 0 Å². The van der Waals surface area contributed by atoms with E-state index in [1.54, 1.807) is 4.68 Å². The summed E-state index contributed by atoms with van der Waals surface area (Å²) >= 11 is 0. The molecule has 0 radical (unpaired) electrons. The number of carbonyl (C=O) groups is 1. The highest BCUT2D eigenvalue weighted by Gasteiger charge is 2.18. The van der Waals surface area contributed by atoms with Gasteiger partial charge >= 0.3 is 5.97 Å². The second-order valence-corrected chi connectivity index (χ2v) is 4.70. The van der Waals surface area contributed by atoms with Crippen molar-refractivity contribution in [1.82, 2.24) is 15.0 Å². The minimum absolute atomic E-state index is 0.0596. The quantitative estimate of drug-likeness (QED) is 0.900. The molecule has 106 valence electrons. The first-order chi connectivity index (χ1) is 9.52. The van der Waals surface area contributed by atoms with Gasteiger partial charge in [0.1, 0.15) is 0 Å². The number of methoxy groups -OCH3 is 1. The van der Waals surface area contributed by atoms with Crippen LogP contribution in [0, 0.1) is 13.8 Å². The highest BCUT2D eigenvalue weighted by molar-refractivity contribution is 5.86. The van der Waals surface area contributed by atoms with E-state index in [2.05, 4.69) is 16.4 Å². The van der Waals surface area contributed by atoms with Gasteiger partial charge in [-0.2, -0.15) is 0 Å². The number of benzene rings is 1. The lowest BCUT2D eigenvalue weighted by atomic mass is 10.1. The molecule has 0 amide bonds. The van der Waals surface area contributed by atoms with E-state index in [4.69, 9.17) is 9.84 Å². The summed E-state index contributed by atoms with van der Waals surface area (Å²) in [6, 6.07) is 6.10. The molecule has 2 rings (SSSR count). The summed E-state index contributed by atoms with van der Waals surface area (Å²) in [5.74, 6) is -1.09. The van der Waals surface area contributed by atoms with E-state index in [1.165, 1.54) is 18.2 Å². The molecule has 0 bridgehead atoms. The van der Waals surface area contributed by atoms with E-state index in [0.717, 1.165) is 5.56 Å². The number of ether oxygens (including phenoxy) is 1. The van der Waals surface area contributed by atoms with Crippen molar-refractivity contribution in [2.75, 3.05) is 7.11 Å². The molecule has 0 saturated carbocycles. The Morgan fingerprint density at radius 3 is 2.70 bits per heavy atom. The van der Waals surface area contributed by atoms with E-state index in [0.29, 0.717) is 12.2 Å². The molecule has 6 nitrogen and oxygen atoms in total. The molecule has 0 aliphatic rings. The van der Waals surface area contributed by atoms with E-state index in [-0.39, 0.29) is 12.3 Å². The molecular formula is C14H17N3O3. The zero-order valence-corrected chi connectivity index (χ0v) is 11.8. The third kappa shape index (κ3) is 2.85. The number of aromatic carboxylic acids is 1. The highest BCUT2D eigenvalue weighted by Crippen LogP contribution is 2.13. The summed E-state index contributed by atoms with van der Waals surface area (Å²) in [5, 5.41) is 16.7. The van der Waals surface area contributed by atoms with Gasteiger partial charge < -0.3 is 9.84 Å². The minimum Gasteiger partial charge on any atom is -0.476 e. The minimum atomic E-state index is -1.09. The van der Waals surface area contributed by atoms with Crippen LogP contribution in [-0.4, -0.2) is 33.2 Å². The van der Waals surface area contributed by atoms with Gasteiger partial charge in [0.05, 0.1) is 18.8 Å². The Hall–Kier alpha value is -2.21. The number of aromatic nitrogens is 3. The van der Waals surface area contributed by atoms with Crippen LogP contribution in [0.1, 0.15) is 32.9 Å². The number of rotatable bonds is 5. The summed E-state index contributed by atoms with van der Waals surface area (Å²) in [5.41, 5.74) is 3.87. The standard InChI is InChI=1S/C14H17N3O3/c1-9-4-5-11(6-10(9)2)7-17-12(8-20-3)13(14(18)19)15-16-17/h4-6H,7-8H2,1-3H3,(H,18,19). The van der Waals surface area contributed by atoms with Crippen molar-refractivity contribution in [3.63, 3.8) is 0 Å². The Balaban J connectivity index is 2.32. The lowest BCUT2D eigenvalue weighted by Crippen LogP contribution is -2.10. The van der Waals surface area contributed by atoms with Crippen molar-refractivity contribution in [2.45, 2.75) is 27.0 Å². The third-order valence-corrected chi connectivity index (χ3v) is 3.22. The average molecular weight is 275 g/mol. The highest BCUT2D eigenvalue weighted by atomic mass is 16.5. The molecule has 1 N–H and O–H groups in total. The second kappa shape index (κ2) is 5.83. The van der Waals surface area contributed by atoms with Crippen LogP contribution >= 0.6 is 0 Å². The van der Waals surface area contributed by atoms with Gasteiger partial charge in [0.15, 0.2) is 5.69 Å². The monoisotopic (exact) mass is 275 g/mol. The maximum Gasteiger partial charge on any atom is 0.358 e. The normalized spacial score (nSPS) is 10.8. The van der Waals surface area contributed by atoms with E-state index in [1.807, 2.05) is 26.0 Å². The van der Waals surface area contributed by atoms with Crippen LogP contribution in [0.2, 0.25) is 0 Å². The molecule has 1 heterocycles. The van der Waals surface area contributed by atoms with Gasteiger partial charge in [0.25, 0.3) is 0 Å². The first-order valence-electron chi connectivity index (χ1n) is 6.23. The third-order valence-electron chi connectivity index (χ3n) is 3.22. The molecule has 1 aromatic heterocycles. The summed E-state index contributed by atoms with van der Waals surface area (Å²) < 4.78 is 6.60. The van der Waals surface area contributed by atoms with Crippen LogP contribution in [0.25, 0.3) is 0 Å². The SMILES string of the molecule is COCc1c(C(=O)O)nnn1Cc1ccc(C)c(C)c1. The smallest absolute Gasteiger partial charge is 0.358 e. The Morgan fingerprint density at radius 2 is 2.10 bits per heavy atom. The Kier molecular flexibility index (Phi) is 4.14. The topological polar surface area (TPSA) is 77.2 Å². The predicted molar refractivity (Wildman–Crippen MR) is 72.7 cm³/mol. The lowest BCUT2D eigenvalue weighted by Gasteiger charge is -2.08. The summed E-state index contributed by atoms with van der Waals surface area (Å²) in [6.07, 6.45) is 0. The Labute approximate surface area is 117 Å². The molecule has 0 aliphatic carbocycles. The van der Waals surface area contributed by atoms with E-state index in [9.17, 15) is 4.79 Å². The largest absolute Gasteiger partial charge is 0.476 e. The van der Waals surface area contributed by atoms with E-state index >= 15 is 0 Å². The molecule has 0 fully saturated rings. The second-order valence-electron chi connectivity index (χ2n) is 4.70. The Morgan fingerprint density at radius 1 is 1.35 bits per heavy atom. The van der Waals surface area contributed by atoms with Gasteiger partial charge in [-0.3, -0.25) is 0 Å². The zero-order chi connectivity index (χ0) is 14.7. The fourth-order valence-corrected chi connectivity index (χ4v) is 1.98. The number of aryl methyl sites for hydroxylation is 2. The molecule has 0 saturated heterocycles. The van der Waals surface area contributed by atoms with Crippen molar-refractivity contribution in [3.8, 4) is 0 Å². The Bertz CT molecular complexity index is 635. The predicted octanol–water partition coefficient (Wildman–Crippen LogP) is 1.79. The molecule has 0 unspecified atom stereocenters. The summed E-state index contributed by atoms with van der Waals surface area (Å²) in [7, 11) is 1.51. The van der Waals surface area contributed by atoms with Crippen molar-refractivity contribution >= 4 is 5.97 Å². The lowest BCUT2D eigenvalue weighted by molar-refractivity contribution is 0.0684. The zero-order valence-electron chi connectivity index (χ0n) is 11.8. The number of carboxylic acids is 1. The maximum atomic E-state index is 11.1. The van der Waals surface area contributed by atoms with Crippen LogP contribution in [0.5, 0.6) is 0 Å². The van der Waals surface area contributed by atoms with Crippen molar-refractivity contribution in [1.29, 1.82) is 0 Å². The maximum absolute atomic E-state index is 11.1. The number of hydrogen-bond acceptors (Lipinski definition) is 4. The van der Waals surface area contributed by atoms with Crippen molar-refractivity contribution < 1.29 is 14.6 Å². The summed E-state index contributed by atoms with van der Waals surface area (Å²) in [4.78, 5) is 11.1. The van der Waals surface area contributed by atoms with Crippen LogP contribution < -0.4 is 0 Å². The van der Waals surface area contributed by atoms with Crippen LogP contribution in [-0.2, 0) is 17.9 Å². The first-order valence-corrected chi connectivity index (χ1v) is 6.23. The molecule has 20 heavy (non-hydrogen) atoms.